The van der Waals surface area contributed by atoms with Crippen molar-refractivity contribution in [3.05, 3.63) is 118 Å². The van der Waals surface area contributed by atoms with Gasteiger partial charge in [-0.25, -0.2) is 4.39 Å². The summed E-state index contributed by atoms with van der Waals surface area (Å²) in [4.78, 5) is 6.26. The van der Waals surface area contributed by atoms with E-state index in [0.717, 1.165) is 71.4 Å². The molecule has 4 aromatic carbocycles. The molecule has 6 nitrogen and oxygen atoms in total. The van der Waals surface area contributed by atoms with Crippen molar-refractivity contribution in [2.75, 3.05) is 27.9 Å². The molecule has 5 aromatic rings. The van der Waals surface area contributed by atoms with Gasteiger partial charge in [0.25, 0.3) is 0 Å². The number of H-pyrrole nitrogens is 1. The Labute approximate surface area is 699 Å². The maximum Gasteiger partial charge on any atom is 0.161 e. The lowest BCUT2D eigenvalue weighted by Crippen LogP contribution is -2.98. The van der Waals surface area contributed by atoms with Crippen LogP contribution in [0.5, 0.6) is 23.0 Å². The van der Waals surface area contributed by atoms with Crippen LogP contribution in [0.3, 0.4) is 0 Å². The fourth-order valence-electron chi connectivity index (χ4n) is 17.9. The predicted octanol–water partition coefficient (Wildman–Crippen LogP) is -17.6. The Bertz CT molecular complexity index is 3330. The van der Waals surface area contributed by atoms with Crippen molar-refractivity contribution in [3.63, 3.8) is 0 Å². The molecule has 3 heterocycles. The van der Waals surface area contributed by atoms with Gasteiger partial charge in [0.2, 0.25) is 0 Å². The van der Waals surface area contributed by atoms with E-state index < -0.39 is 198 Å². The third-order valence-electron chi connectivity index (χ3n) is 22.3. The molecule has 2 unspecified atom stereocenters. The van der Waals surface area contributed by atoms with Crippen LogP contribution in [0.2, 0.25) is 0 Å². The molecule has 2 atom stereocenters. The molecule has 0 saturated heterocycles. The highest BCUT2D eigenvalue weighted by Crippen LogP contribution is 2.50. The minimum atomic E-state index is -1.59. The Balaban J connectivity index is 0.000000362. The van der Waals surface area contributed by atoms with E-state index in [-0.39, 0.29) is 17.9 Å². The van der Waals surface area contributed by atoms with Gasteiger partial charge in [0.05, 0.1) is 27.4 Å². The van der Waals surface area contributed by atoms with Crippen LogP contribution in [0.4, 0.5) is 4.39 Å². The summed E-state index contributed by atoms with van der Waals surface area (Å²) in [7, 11) is 226. The normalized spacial score (nSPS) is 12.9. The van der Waals surface area contributed by atoms with Gasteiger partial charge in [0.1, 0.15) is 23.9 Å². The quantitative estimate of drug-likeness (QED) is 0.0399. The molecule has 1 aromatic heterocycles. The molecule has 0 saturated carbocycles. The third kappa shape index (κ3) is 22.9. The second-order valence-corrected chi connectivity index (χ2v) is 29.0. The Morgan fingerprint density at radius 3 is 1.12 bits per heavy atom. The van der Waals surface area contributed by atoms with E-state index in [1.54, 1.807) is 33.5 Å². The number of fused-ring (bicyclic) bond motifs is 6. The molecular weight excluding hydrogens is 1230 g/mol. The summed E-state index contributed by atoms with van der Waals surface area (Å²) >= 11 is 0. The van der Waals surface area contributed by atoms with Gasteiger partial charge in [-0.05, 0) is 95.3 Å². The average Bonchev–Trinajstić information content (AvgIpc) is 1.69. The van der Waals surface area contributed by atoms with Crippen LogP contribution in [-0.4, -0.2) is 498 Å². The molecule has 0 amide bonds. The molecule has 67 radical (unpaired) electrons. The van der Waals surface area contributed by atoms with E-state index in [9.17, 15) is 4.39 Å². The predicted molar refractivity (Wildman–Crippen MR) is 534 cm³/mol. The first kappa shape index (κ1) is 95.6. The highest BCUT2D eigenvalue weighted by Gasteiger charge is 2.64. The van der Waals surface area contributed by atoms with Crippen molar-refractivity contribution in [2.45, 2.75) is 31.5 Å². The number of nitrogens with zero attached hydrogens (tertiary/aromatic N) is 1. The topological polar surface area (TPSA) is 56.0 Å². The summed E-state index contributed by atoms with van der Waals surface area (Å²) in [6, 6.07) is 25.4. The lowest BCUT2D eigenvalue weighted by molar-refractivity contribution is 0.127. The summed E-state index contributed by atoms with van der Waals surface area (Å²) in [6.45, 7) is 1.30. The lowest BCUT2D eigenvalue weighted by atomic mass is 8.22. The van der Waals surface area contributed by atoms with Gasteiger partial charge in [-0.2, -0.15) is 0 Å². The molecule has 409 valence electrons. The van der Waals surface area contributed by atoms with Crippen molar-refractivity contribution in [1.29, 1.82) is 0 Å². The van der Waals surface area contributed by atoms with E-state index in [1.165, 1.54) is 16.7 Å². The van der Waals surface area contributed by atoms with Crippen LogP contribution < -0.4 is 18.9 Å². The van der Waals surface area contributed by atoms with Gasteiger partial charge in [-0.3, -0.25) is 4.90 Å². The van der Waals surface area contributed by atoms with Gasteiger partial charge >= 0.3 is 0 Å². The molecule has 1 N–H and O–H groups in total. The third-order valence-corrected chi connectivity index (χ3v) is 22.3. The first-order valence-electron chi connectivity index (χ1n) is 35.6. The van der Waals surface area contributed by atoms with Gasteiger partial charge in [-0.1, -0.05) is 24.3 Å². The molecule has 2 aliphatic heterocycles. The zero-order valence-electron chi connectivity index (χ0n) is 61.5. The number of aromatic amines is 1. The summed E-state index contributed by atoms with van der Waals surface area (Å²) in [5.41, 5.74) is 8.13. The molecule has 2 aliphatic rings. The monoisotopic (exact) mass is 1280 g/mol. The number of rotatable bonds is 38. The average molecular weight is 1270 g/mol. The Morgan fingerprint density at radius 2 is 0.776 bits per heavy atom. The van der Waals surface area contributed by atoms with Crippen LogP contribution in [-0.2, 0) is 19.4 Å². The molecule has 72 heteroatoms. The smallest absolute Gasteiger partial charge is 0.161 e. The van der Waals surface area contributed by atoms with Crippen LogP contribution in [0.15, 0.2) is 78.9 Å². The summed E-state index contributed by atoms with van der Waals surface area (Å²) < 4.78 is 37.0. The Morgan fingerprint density at radius 1 is 0.411 bits per heavy atom. The minimum absolute atomic E-state index is 0.0390. The van der Waals surface area contributed by atoms with Gasteiger partial charge in [0.15, 0.2) is 11.5 Å². The van der Waals surface area contributed by atoms with Crippen LogP contribution >= 0.6 is 0 Å². The maximum atomic E-state index is 14.0. The zero-order chi connectivity index (χ0) is 80.4. The first-order valence-corrected chi connectivity index (χ1v) is 35.6. The standard InChI is InChI=1S/C35H33FN2O4.B65/c1-39-25-10-4-21(5-11-25)20-42-33-16-23-14-15-38-31(27(23)19-32(33)41-3)18-29-28-17-26(40-2)12-13-30(28)37-34(29)35(38)22-6-8-24(36)9-7-22;1-34-51(35(2)3)59(50(32)33)63(58(48(28)29)49(30)31)65(62(56(44(20)21)45(22)23)57(46(24)25)47(26)27)64(60(52(36(4)5)37(6)7)53(38(8)9)39(10)11)61(54(40(12)13)41(14)15)55(42(16)17)43(18)19/h4-13,16-17,19,31,35,37H,14-15,18,20H2,1-3H3;. The number of methoxy groups -OCH3 is 3. The van der Waals surface area contributed by atoms with Crippen molar-refractivity contribution < 1.29 is 23.3 Å². The van der Waals surface area contributed by atoms with Gasteiger partial charge in [-0.15, -0.1) is 0 Å². The fraction of sp³-hybridized carbons (Fsp3) is 0.257. The van der Waals surface area contributed by atoms with Crippen LogP contribution in [0.1, 0.15) is 45.6 Å². The summed E-state index contributed by atoms with van der Waals surface area (Å²) in [6.07, 6.45) is -44.0. The second kappa shape index (κ2) is 43.3. The summed E-state index contributed by atoms with van der Waals surface area (Å²) in [5, 5.41) is 1.16. The van der Waals surface area contributed by atoms with Crippen LogP contribution in [0, 0.1) is 5.82 Å². The number of nitrogens with one attached hydrogen (secondary N) is 1. The minimum Gasteiger partial charge on any atom is -0.497 e. The second-order valence-electron chi connectivity index (χ2n) is 29.0. The van der Waals surface area contributed by atoms with Gasteiger partial charge in [0, 0.05) is 490 Å². The highest BCUT2D eigenvalue weighted by atomic mass is 19.1. The van der Waals surface area contributed by atoms with Crippen molar-refractivity contribution >= 4 is 471 Å². The van der Waals surface area contributed by atoms with Crippen molar-refractivity contribution in [3.8, 4) is 23.0 Å². The van der Waals surface area contributed by atoms with E-state index in [4.69, 9.17) is 274 Å². The number of halogens is 1. The van der Waals surface area contributed by atoms with E-state index in [2.05, 4.69) is 34.1 Å². The van der Waals surface area contributed by atoms with Crippen molar-refractivity contribution in [2.24, 2.45) is 0 Å². The number of hydrogen-bond acceptors (Lipinski definition) is 5. The molecule has 0 spiro atoms. The van der Waals surface area contributed by atoms with Gasteiger partial charge < -0.3 is 23.9 Å². The SMILES string of the molecule is COc1ccc(COc2cc3c(cc2OC)C2Cc4c([nH]c5ccc(OC)cc45)C(c4ccc(F)cc4)N2CC3)cc1.[B][B]B(B([B])[B])B(B([B])[B])B(B(B([B])[B])B([B])[B])B(B(B(B([B])[B])B([B])[B])B(B([B])[B])B([B])[B])B(B(B(B([B])[B])B([B])[B])B(B([B])[B])B([B])[B])B(B(B([B])[B])B([B])[B])B(B([B])[B])B([B])[B]. The zero-order valence-corrected chi connectivity index (χ0v) is 61.5. The fourth-order valence-corrected chi connectivity index (χ4v) is 17.9. The maximum absolute atomic E-state index is 14.0. The molecule has 7 rings (SSSR count). The highest BCUT2D eigenvalue weighted by molar-refractivity contribution is 8.39. The molecule has 107 heavy (non-hydrogen) atoms. The lowest BCUT2D eigenvalue weighted by Gasteiger charge is -2.59. The summed E-state index contributed by atoms with van der Waals surface area (Å²) in [5.74, 6) is 2.87. The molecule has 0 bridgehead atoms. The van der Waals surface area contributed by atoms with E-state index >= 15 is 0 Å². The largest absolute Gasteiger partial charge is 0.497 e. The number of benzene rings is 4. The van der Waals surface area contributed by atoms with E-state index in [0.29, 0.717) is 12.4 Å². The van der Waals surface area contributed by atoms with Crippen LogP contribution in [0.25, 0.3) is 10.9 Å². The van der Waals surface area contributed by atoms with E-state index in [1.807, 2.05) is 42.5 Å². The molecule has 0 aliphatic carbocycles. The first-order chi connectivity index (χ1) is 50.1. The number of aromatic nitrogens is 1. The molecular formula is C35H33B65FN2O4. The number of hydrogen-bond donors (Lipinski definition) is 1. The number of ether oxygens (including phenoxy) is 4. The Kier molecular flexibility index (Phi) is 38.6. The molecule has 0 fully saturated rings. The Hall–Kier alpha value is -0.269. The van der Waals surface area contributed by atoms with Crippen molar-refractivity contribution in [1.82, 2.24) is 9.88 Å².